The Balaban J connectivity index is 2.83. The molecule has 0 fully saturated rings. The number of hydrogen-bond acceptors (Lipinski definition) is 3. The van der Waals surface area contributed by atoms with E-state index in [9.17, 15) is 4.39 Å². The second-order valence-corrected chi connectivity index (χ2v) is 3.77. The van der Waals surface area contributed by atoms with Gasteiger partial charge in [0.15, 0.2) is 5.75 Å². The first kappa shape index (κ1) is 8.97. The third kappa shape index (κ3) is 1.22. The van der Waals surface area contributed by atoms with Gasteiger partial charge < -0.3 is 4.74 Å². The number of fused-ring (bicyclic) bond motifs is 1. The number of benzene rings is 1. The van der Waals surface area contributed by atoms with E-state index in [1.807, 2.05) is 6.07 Å². The quantitative estimate of drug-likeness (QED) is 0.720. The lowest BCUT2D eigenvalue weighted by Gasteiger charge is -1.96. The van der Waals surface area contributed by atoms with E-state index in [-0.39, 0.29) is 5.82 Å². The standard InChI is InChI=1S/C10H6FNOS/c1-13-10-7-4-6(11)2-3-8(7)14-9(10)5-12/h2-4H,1H3. The number of methoxy groups -OCH3 is 1. The molecule has 0 atom stereocenters. The van der Waals surface area contributed by atoms with Crippen molar-refractivity contribution in [2.75, 3.05) is 7.11 Å². The molecule has 0 N–H and O–H groups in total. The second-order valence-electron chi connectivity index (χ2n) is 2.72. The first-order valence-electron chi connectivity index (χ1n) is 3.92. The molecule has 70 valence electrons. The molecule has 0 spiro atoms. The summed E-state index contributed by atoms with van der Waals surface area (Å²) in [6.07, 6.45) is 0. The third-order valence-electron chi connectivity index (χ3n) is 1.91. The first-order chi connectivity index (χ1) is 6.76. The number of nitrogens with zero attached hydrogens (tertiary/aromatic N) is 1. The van der Waals surface area contributed by atoms with Crippen LogP contribution in [-0.4, -0.2) is 7.11 Å². The van der Waals surface area contributed by atoms with Crippen molar-refractivity contribution in [3.63, 3.8) is 0 Å². The Hall–Kier alpha value is -1.60. The molecule has 0 unspecified atom stereocenters. The van der Waals surface area contributed by atoms with Crippen LogP contribution in [0.3, 0.4) is 0 Å². The molecular weight excluding hydrogens is 201 g/mol. The van der Waals surface area contributed by atoms with E-state index < -0.39 is 0 Å². The van der Waals surface area contributed by atoms with Crippen LogP contribution in [0.5, 0.6) is 5.75 Å². The summed E-state index contributed by atoms with van der Waals surface area (Å²) < 4.78 is 18.9. The Morgan fingerprint density at radius 3 is 2.93 bits per heavy atom. The number of hydrogen-bond donors (Lipinski definition) is 0. The maximum absolute atomic E-state index is 12.9. The summed E-state index contributed by atoms with van der Waals surface area (Å²) in [6.45, 7) is 0. The molecule has 2 nitrogen and oxygen atoms in total. The molecule has 0 amide bonds. The molecule has 1 aromatic carbocycles. The predicted molar refractivity (Wildman–Crippen MR) is 53.1 cm³/mol. The van der Waals surface area contributed by atoms with Crippen LogP contribution in [0, 0.1) is 17.1 Å². The highest BCUT2D eigenvalue weighted by Gasteiger charge is 2.12. The molecular formula is C10H6FNOS. The topological polar surface area (TPSA) is 33.0 Å². The van der Waals surface area contributed by atoms with Crippen molar-refractivity contribution in [3.8, 4) is 11.8 Å². The van der Waals surface area contributed by atoms with Crippen molar-refractivity contribution in [2.24, 2.45) is 0 Å². The number of halogens is 1. The van der Waals surface area contributed by atoms with Gasteiger partial charge in [0.25, 0.3) is 0 Å². The van der Waals surface area contributed by atoms with Gasteiger partial charge in [-0.3, -0.25) is 0 Å². The van der Waals surface area contributed by atoms with Gasteiger partial charge in [0, 0.05) is 10.1 Å². The van der Waals surface area contributed by atoms with Crippen LogP contribution in [0.25, 0.3) is 10.1 Å². The lowest BCUT2D eigenvalue weighted by atomic mass is 10.2. The highest BCUT2D eigenvalue weighted by molar-refractivity contribution is 7.20. The minimum atomic E-state index is -0.321. The van der Waals surface area contributed by atoms with Crippen LogP contribution in [0.2, 0.25) is 0 Å². The van der Waals surface area contributed by atoms with Crippen molar-refractivity contribution >= 4 is 21.4 Å². The van der Waals surface area contributed by atoms with E-state index >= 15 is 0 Å². The van der Waals surface area contributed by atoms with Crippen molar-refractivity contribution in [2.45, 2.75) is 0 Å². The highest BCUT2D eigenvalue weighted by atomic mass is 32.1. The summed E-state index contributed by atoms with van der Waals surface area (Å²) >= 11 is 1.30. The van der Waals surface area contributed by atoms with Gasteiger partial charge in [-0.15, -0.1) is 11.3 Å². The van der Waals surface area contributed by atoms with Crippen LogP contribution in [0.15, 0.2) is 18.2 Å². The molecule has 2 rings (SSSR count). The van der Waals surface area contributed by atoms with Crippen molar-refractivity contribution in [1.29, 1.82) is 5.26 Å². The summed E-state index contributed by atoms with van der Waals surface area (Å²) in [7, 11) is 1.48. The summed E-state index contributed by atoms with van der Waals surface area (Å²) in [4.78, 5) is 0.480. The Bertz CT molecular complexity index is 527. The molecule has 1 aromatic heterocycles. The normalized spacial score (nSPS) is 10.1. The van der Waals surface area contributed by atoms with E-state index in [1.54, 1.807) is 6.07 Å². The molecule has 4 heteroatoms. The minimum Gasteiger partial charge on any atom is -0.494 e. The van der Waals surface area contributed by atoms with Crippen LogP contribution in [-0.2, 0) is 0 Å². The average Bonchev–Trinajstić information content (AvgIpc) is 2.54. The SMILES string of the molecule is COc1c(C#N)sc2ccc(F)cc12. The predicted octanol–water partition coefficient (Wildman–Crippen LogP) is 2.92. The third-order valence-corrected chi connectivity index (χ3v) is 2.97. The van der Waals surface area contributed by atoms with E-state index in [2.05, 4.69) is 0 Å². The second kappa shape index (κ2) is 3.28. The lowest BCUT2D eigenvalue weighted by molar-refractivity contribution is 0.420. The van der Waals surface area contributed by atoms with Crippen molar-refractivity contribution in [3.05, 3.63) is 28.9 Å². The summed E-state index contributed by atoms with van der Waals surface area (Å²) in [5.74, 6) is 0.144. The van der Waals surface area contributed by atoms with E-state index in [0.717, 1.165) is 4.70 Å². The van der Waals surface area contributed by atoms with E-state index in [1.165, 1.54) is 30.6 Å². The zero-order chi connectivity index (χ0) is 10.1. The van der Waals surface area contributed by atoms with Crippen molar-refractivity contribution < 1.29 is 9.13 Å². The van der Waals surface area contributed by atoms with E-state index in [4.69, 9.17) is 10.00 Å². The fraction of sp³-hybridized carbons (Fsp3) is 0.100. The van der Waals surface area contributed by atoms with Gasteiger partial charge in [-0.2, -0.15) is 5.26 Å². The molecule has 0 bridgehead atoms. The monoisotopic (exact) mass is 207 g/mol. The Kier molecular flexibility index (Phi) is 2.10. The Labute approximate surface area is 84.2 Å². The molecule has 0 aliphatic heterocycles. The molecule has 0 aliphatic carbocycles. The summed E-state index contributed by atoms with van der Waals surface area (Å²) in [5, 5.41) is 9.47. The van der Waals surface area contributed by atoms with Gasteiger partial charge in [-0.1, -0.05) is 0 Å². The zero-order valence-corrected chi connectivity index (χ0v) is 8.19. The van der Waals surface area contributed by atoms with Crippen LogP contribution in [0.1, 0.15) is 4.88 Å². The number of rotatable bonds is 1. The molecule has 1 heterocycles. The Morgan fingerprint density at radius 1 is 1.50 bits per heavy atom. The average molecular weight is 207 g/mol. The van der Waals surface area contributed by atoms with Crippen LogP contribution < -0.4 is 4.74 Å². The lowest BCUT2D eigenvalue weighted by Crippen LogP contribution is -1.83. The fourth-order valence-electron chi connectivity index (χ4n) is 1.32. The highest BCUT2D eigenvalue weighted by Crippen LogP contribution is 2.37. The largest absolute Gasteiger partial charge is 0.494 e. The first-order valence-corrected chi connectivity index (χ1v) is 4.74. The van der Waals surface area contributed by atoms with Gasteiger partial charge in [0.05, 0.1) is 7.11 Å². The van der Waals surface area contributed by atoms with Crippen LogP contribution in [0.4, 0.5) is 4.39 Å². The number of thiophene rings is 1. The molecule has 2 aromatic rings. The Morgan fingerprint density at radius 2 is 2.29 bits per heavy atom. The smallest absolute Gasteiger partial charge is 0.155 e. The molecule has 0 radical (unpaired) electrons. The number of nitriles is 1. The zero-order valence-electron chi connectivity index (χ0n) is 7.37. The molecule has 0 aliphatic rings. The van der Waals surface area contributed by atoms with E-state index in [0.29, 0.717) is 16.0 Å². The maximum Gasteiger partial charge on any atom is 0.155 e. The van der Waals surface area contributed by atoms with Gasteiger partial charge in [-0.05, 0) is 18.2 Å². The summed E-state index contributed by atoms with van der Waals surface area (Å²) in [6, 6.07) is 6.43. The summed E-state index contributed by atoms with van der Waals surface area (Å²) in [5.41, 5.74) is 0. The maximum atomic E-state index is 12.9. The molecule has 0 saturated heterocycles. The molecule has 14 heavy (non-hydrogen) atoms. The fourth-order valence-corrected chi connectivity index (χ4v) is 2.27. The van der Waals surface area contributed by atoms with Crippen molar-refractivity contribution in [1.82, 2.24) is 0 Å². The van der Waals surface area contributed by atoms with Gasteiger partial charge in [-0.25, -0.2) is 4.39 Å². The van der Waals surface area contributed by atoms with Gasteiger partial charge in [0.2, 0.25) is 0 Å². The minimum absolute atomic E-state index is 0.321. The van der Waals surface area contributed by atoms with Crippen LogP contribution >= 0.6 is 11.3 Å². The van der Waals surface area contributed by atoms with Gasteiger partial charge >= 0.3 is 0 Å². The molecule has 0 saturated carbocycles. The number of ether oxygens (including phenoxy) is 1. The van der Waals surface area contributed by atoms with Gasteiger partial charge in [0.1, 0.15) is 16.8 Å².